The van der Waals surface area contributed by atoms with Crippen molar-refractivity contribution in [3.8, 4) is 11.5 Å². The van der Waals surface area contributed by atoms with Crippen molar-refractivity contribution in [2.75, 3.05) is 26.3 Å². The Hall–Kier alpha value is -1.75. The highest BCUT2D eigenvalue weighted by atomic mass is 16.6. The Kier molecular flexibility index (Phi) is 4.53. The lowest BCUT2D eigenvalue weighted by Gasteiger charge is -2.47. The van der Waals surface area contributed by atoms with Crippen molar-refractivity contribution < 1.29 is 14.3 Å². The van der Waals surface area contributed by atoms with Crippen LogP contribution in [-0.2, 0) is 10.2 Å². The second-order valence-corrected chi connectivity index (χ2v) is 9.25. The van der Waals surface area contributed by atoms with Gasteiger partial charge in [-0.15, -0.1) is 0 Å². The van der Waals surface area contributed by atoms with E-state index in [2.05, 4.69) is 24.0 Å². The number of fused-ring (bicyclic) bond motifs is 3. The second kappa shape index (κ2) is 6.94. The molecule has 1 spiro atoms. The number of ether oxygens (including phenoxy) is 2. The van der Waals surface area contributed by atoms with Crippen LogP contribution in [0, 0.1) is 11.8 Å². The zero-order valence-electron chi connectivity index (χ0n) is 16.9. The number of hydrogen-bond donors (Lipinski definition) is 1. The van der Waals surface area contributed by atoms with Gasteiger partial charge < -0.3 is 20.1 Å². The molecule has 3 atom stereocenters. The van der Waals surface area contributed by atoms with Crippen molar-refractivity contribution in [2.45, 2.75) is 63.3 Å². The minimum absolute atomic E-state index is 0.0728. The molecule has 0 radical (unpaired) electrons. The topological polar surface area (TPSA) is 64.8 Å². The van der Waals surface area contributed by atoms with Crippen molar-refractivity contribution in [3.05, 3.63) is 23.3 Å². The van der Waals surface area contributed by atoms with Gasteiger partial charge in [0.1, 0.15) is 13.2 Å². The van der Waals surface area contributed by atoms with Gasteiger partial charge in [-0.1, -0.05) is 19.3 Å². The Morgan fingerprint density at radius 3 is 2.57 bits per heavy atom. The molecule has 0 aromatic heterocycles. The van der Waals surface area contributed by atoms with E-state index in [1.165, 1.54) is 24.0 Å². The number of nitrogens with two attached hydrogens (primary N) is 1. The Morgan fingerprint density at radius 1 is 1.14 bits per heavy atom. The van der Waals surface area contributed by atoms with E-state index in [4.69, 9.17) is 15.2 Å². The number of amides is 1. The summed E-state index contributed by atoms with van der Waals surface area (Å²) in [4.78, 5) is 15.8. The van der Waals surface area contributed by atoms with E-state index >= 15 is 0 Å². The van der Waals surface area contributed by atoms with Gasteiger partial charge >= 0.3 is 0 Å². The molecule has 1 aromatic carbocycles. The van der Waals surface area contributed by atoms with Gasteiger partial charge in [-0.05, 0) is 68.3 Å². The summed E-state index contributed by atoms with van der Waals surface area (Å²) in [5.41, 5.74) is 8.72. The van der Waals surface area contributed by atoms with Crippen LogP contribution in [0.3, 0.4) is 0 Å². The minimum Gasteiger partial charge on any atom is -0.486 e. The van der Waals surface area contributed by atoms with E-state index < -0.39 is 0 Å². The molecule has 28 heavy (non-hydrogen) atoms. The van der Waals surface area contributed by atoms with E-state index in [-0.39, 0.29) is 17.4 Å². The van der Waals surface area contributed by atoms with Gasteiger partial charge in [0.05, 0.1) is 6.04 Å². The van der Waals surface area contributed by atoms with Crippen LogP contribution in [0.25, 0.3) is 0 Å². The number of hydrogen-bond acceptors (Lipinski definition) is 4. The SMILES string of the molecule is CC1c2cc3c(cc2C2(CCCC2)CN1C(=O)[C@@H]1CCC[C@@H]1CN)OCCO3. The number of nitrogens with zero attached hydrogens (tertiary/aromatic N) is 1. The van der Waals surface area contributed by atoms with E-state index in [1.54, 1.807) is 0 Å². The van der Waals surface area contributed by atoms with Gasteiger partial charge in [0.25, 0.3) is 0 Å². The highest BCUT2D eigenvalue weighted by Gasteiger charge is 2.48. The van der Waals surface area contributed by atoms with Crippen molar-refractivity contribution in [2.24, 2.45) is 17.6 Å². The maximum atomic E-state index is 13.6. The molecule has 2 saturated carbocycles. The van der Waals surface area contributed by atoms with Crippen LogP contribution in [-0.4, -0.2) is 37.1 Å². The van der Waals surface area contributed by atoms with Crippen LogP contribution >= 0.6 is 0 Å². The molecule has 2 fully saturated rings. The average molecular weight is 385 g/mol. The Morgan fingerprint density at radius 2 is 1.86 bits per heavy atom. The zero-order chi connectivity index (χ0) is 19.3. The molecule has 0 saturated heterocycles. The van der Waals surface area contributed by atoms with Crippen molar-refractivity contribution in [1.82, 2.24) is 4.90 Å². The van der Waals surface area contributed by atoms with E-state index in [9.17, 15) is 4.79 Å². The normalized spacial score (nSPS) is 30.5. The Labute approximate surface area is 167 Å². The van der Waals surface area contributed by atoms with Crippen LogP contribution in [0.5, 0.6) is 11.5 Å². The third kappa shape index (κ3) is 2.73. The number of carbonyl (C=O) groups excluding carboxylic acids is 1. The molecule has 5 rings (SSSR count). The zero-order valence-corrected chi connectivity index (χ0v) is 16.9. The van der Waals surface area contributed by atoms with Crippen LogP contribution in [0.15, 0.2) is 12.1 Å². The van der Waals surface area contributed by atoms with Crippen molar-refractivity contribution in [1.29, 1.82) is 0 Å². The van der Waals surface area contributed by atoms with Crippen LogP contribution < -0.4 is 15.2 Å². The molecule has 1 unspecified atom stereocenters. The van der Waals surface area contributed by atoms with Crippen LogP contribution in [0.4, 0.5) is 0 Å². The predicted octanol–water partition coefficient (Wildman–Crippen LogP) is 3.55. The fraction of sp³-hybridized carbons (Fsp3) is 0.696. The largest absolute Gasteiger partial charge is 0.486 e. The molecule has 2 aliphatic heterocycles. The maximum absolute atomic E-state index is 13.6. The summed E-state index contributed by atoms with van der Waals surface area (Å²) in [6, 6.07) is 4.46. The van der Waals surface area contributed by atoms with Crippen molar-refractivity contribution >= 4 is 5.91 Å². The molecular formula is C23H32N2O3. The lowest BCUT2D eigenvalue weighted by molar-refractivity contribution is -0.140. The van der Waals surface area contributed by atoms with E-state index in [1.807, 2.05) is 0 Å². The quantitative estimate of drug-likeness (QED) is 0.847. The summed E-state index contributed by atoms with van der Waals surface area (Å²) in [6.45, 7) is 4.85. The highest BCUT2D eigenvalue weighted by Crippen LogP contribution is 2.52. The number of benzene rings is 1. The maximum Gasteiger partial charge on any atom is 0.226 e. The fourth-order valence-electron chi connectivity index (χ4n) is 6.23. The molecule has 2 aliphatic carbocycles. The lowest BCUT2D eigenvalue weighted by atomic mass is 9.71. The number of carbonyl (C=O) groups is 1. The molecule has 5 heteroatoms. The van der Waals surface area contributed by atoms with E-state index in [0.29, 0.717) is 31.6 Å². The van der Waals surface area contributed by atoms with E-state index in [0.717, 1.165) is 50.1 Å². The predicted molar refractivity (Wildman–Crippen MR) is 108 cm³/mol. The first-order chi connectivity index (χ1) is 13.6. The smallest absolute Gasteiger partial charge is 0.226 e. The highest BCUT2D eigenvalue weighted by molar-refractivity contribution is 5.81. The summed E-state index contributed by atoms with van der Waals surface area (Å²) in [7, 11) is 0. The molecule has 1 aromatic rings. The van der Waals surface area contributed by atoms with Gasteiger partial charge in [-0.3, -0.25) is 4.79 Å². The van der Waals surface area contributed by atoms with Gasteiger partial charge in [-0.25, -0.2) is 0 Å². The summed E-state index contributed by atoms with van der Waals surface area (Å²) < 4.78 is 11.8. The van der Waals surface area contributed by atoms with Crippen LogP contribution in [0.1, 0.15) is 69.0 Å². The third-order valence-corrected chi connectivity index (χ3v) is 7.80. The first-order valence-electron chi connectivity index (χ1n) is 11.1. The first kappa shape index (κ1) is 18.3. The summed E-state index contributed by atoms with van der Waals surface area (Å²) >= 11 is 0. The average Bonchev–Trinajstić information content (AvgIpc) is 3.39. The minimum atomic E-state index is 0.0728. The summed E-state index contributed by atoms with van der Waals surface area (Å²) in [6.07, 6.45) is 7.99. The van der Waals surface area contributed by atoms with Gasteiger partial charge in [0, 0.05) is 17.9 Å². The summed E-state index contributed by atoms with van der Waals surface area (Å²) in [5.74, 6) is 2.49. The molecule has 2 heterocycles. The molecular weight excluding hydrogens is 352 g/mol. The monoisotopic (exact) mass is 384 g/mol. The molecule has 4 aliphatic rings. The lowest BCUT2D eigenvalue weighted by Crippen LogP contribution is -2.51. The van der Waals surface area contributed by atoms with Gasteiger partial charge in [-0.2, -0.15) is 0 Å². The third-order valence-electron chi connectivity index (χ3n) is 7.80. The van der Waals surface area contributed by atoms with Gasteiger partial charge in [0.15, 0.2) is 11.5 Å². The fourth-order valence-corrected chi connectivity index (χ4v) is 6.23. The van der Waals surface area contributed by atoms with Crippen molar-refractivity contribution in [3.63, 3.8) is 0 Å². The summed E-state index contributed by atoms with van der Waals surface area (Å²) in [5, 5.41) is 0. The molecule has 0 bridgehead atoms. The number of rotatable bonds is 2. The molecule has 152 valence electrons. The Balaban J connectivity index is 1.55. The van der Waals surface area contributed by atoms with Crippen LogP contribution in [0.2, 0.25) is 0 Å². The second-order valence-electron chi connectivity index (χ2n) is 9.25. The Bertz CT molecular complexity index is 771. The first-order valence-corrected chi connectivity index (χ1v) is 11.1. The molecule has 5 nitrogen and oxygen atoms in total. The molecule has 1 amide bonds. The molecule has 2 N–H and O–H groups in total. The standard InChI is InChI=1S/C23H32N2O3/c1-15-18-11-20-21(28-10-9-27-20)12-19(18)23(7-2-3-8-23)14-25(15)22(26)17-6-4-5-16(17)13-24/h11-12,15-17H,2-10,13-14,24H2,1H3/t15?,16-,17-/m1/s1. The van der Waals surface area contributed by atoms with Gasteiger partial charge in [0.2, 0.25) is 5.91 Å².